The molecule has 6 rings (SSSR count). The number of hydrogen-bond acceptors (Lipinski definition) is 2. The van der Waals surface area contributed by atoms with Crippen molar-refractivity contribution >= 4 is 0 Å². The van der Waals surface area contributed by atoms with E-state index in [0.29, 0.717) is 23.8 Å². The number of benzene rings is 2. The van der Waals surface area contributed by atoms with Crippen LogP contribution < -0.4 is 0 Å². The lowest BCUT2D eigenvalue weighted by Gasteiger charge is -2.36. The molecule has 25 heavy (non-hydrogen) atoms. The van der Waals surface area contributed by atoms with Gasteiger partial charge in [0.25, 0.3) is 0 Å². The van der Waals surface area contributed by atoms with Crippen LogP contribution in [0.5, 0.6) is 0 Å². The Kier molecular flexibility index (Phi) is 2.83. The van der Waals surface area contributed by atoms with Gasteiger partial charge in [-0.2, -0.15) is 0 Å². The maximum absolute atomic E-state index is 5.65. The minimum Gasteiger partial charge on any atom is -0.468 e. The zero-order valence-corrected chi connectivity index (χ0v) is 14.1. The van der Waals surface area contributed by atoms with Gasteiger partial charge in [-0.3, -0.25) is 4.90 Å². The van der Waals surface area contributed by atoms with E-state index >= 15 is 0 Å². The third kappa shape index (κ3) is 1.89. The van der Waals surface area contributed by atoms with Crippen LogP contribution in [0.4, 0.5) is 0 Å². The number of rotatable bonds is 2. The van der Waals surface area contributed by atoms with E-state index in [1.165, 1.54) is 6.42 Å². The minimum atomic E-state index is 0.540. The first-order valence-corrected chi connectivity index (χ1v) is 9.34. The lowest BCUT2D eigenvalue weighted by atomic mass is 9.73. The van der Waals surface area contributed by atoms with Crippen molar-refractivity contribution in [3.8, 4) is 0 Å². The van der Waals surface area contributed by atoms with E-state index < -0.39 is 0 Å². The molecule has 2 heteroatoms. The Labute approximate surface area is 148 Å². The highest BCUT2D eigenvalue weighted by molar-refractivity contribution is 5.53. The van der Waals surface area contributed by atoms with Crippen LogP contribution in [-0.2, 0) is 6.54 Å². The Morgan fingerprint density at radius 3 is 2.32 bits per heavy atom. The number of hydrogen-bond donors (Lipinski definition) is 0. The molecule has 2 aromatic carbocycles. The van der Waals surface area contributed by atoms with E-state index in [9.17, 15) is 0 Å². The third-order valence-electron chi connectivity index (χ3n) is 6.67. The van der Waals surface area contributed by atoms with Crippen LogP contribution in [0, 0.1) is 0 Å². The average Bonchev–Trinajstić information content (AvgIpc) is 3.24. The summed E-state index contributed by atoms with van der Waals surface area (Å²) in [6.07, 6.45) is 3.02. The van der Waals surface area contributed by atoms with Crippen molar-refractivity contribution in [3.05, 3.63) is 94.9 Å². The molecule has 1 fully saturated rings. The van der Waals surface area contributed by atoms with Crippen LogP contribution >= 0.6 is 0 Å². The van der Waals surface area contributed by atoms with Crippen molar-refractivity contribution in [3.63, 3.8) is 0 Å². The molecule has 1 saturated heterocycles. The topological polar surface area (TPSA) is 16.4 Å². The van der Waals surface area contributed by atoms with Crippen LogP contribution in [0.1, 0.15) is 52.2 Å². The van der Waals surface area contributed by atoms with Gasteiger partial charge in [-0.1, -0.05) is 48.5 Å². The molecular formula is C23H21NO. The quantitative estimate of drug-likeness (QED) is 0.667. The van der Waals surface area contributed by atoms with E-state index in [-0.39, 0.29) is 0 Å². The number of furan rings is 1. The molecule has 0 amide bonds. The monoisotopic (exact) mass is 327 g/mol. The van der Waals surface area contributed by atoms with E-state index in [4.69, 9.17) is 4.42 Å². The smallest absolute Gasteiger partial charge is 0.117 e. The zero-order valence-electron chi connectivity index (χ0n) is 14.1. The maximum atomic E-state index is 5.65. The van der Waals surface area contributed by atoms with Gasteiger partial charge in [0, 0.05) is 30.3 Å². The minimum absolute atomic E-state index is 0.540. The molecule has 0 saturated carbocycles. The van der Waals surface area contributed by atoms with Crippen LogP contribution in [0.15, 0.2) is 71.3 Å². The summed E-state index contributed by atoms with van der Waals surface area (Å²) in [7, 11) is 0. The normalized spacial score (nSPS) is 29.3. The van der Waals surface area contributed by atoms with Crippen molar-refractivity contribution in [2.24, 2.45) is 0 Å². The molecule has 4 unspecified atom stereocenters. The Hall–Kier alpha value is -2.32. The second-order valence-corrected chi connectivity index (χ2v) is 7.75. The predicted molar refractivity (Wildman–Crippen MR) is 97.7 cm³/mol. The summed E-state index contributed by atoms with van der Waals surface area (Å²) in [6, 6.07) is 23.1. The number of fused-ring (bicyclic) bond motifs is 3. The largest absolute Gasteiger partial charge is 0.468 e. The van der Waals surface area contributed by atoms with E-state index in [1.807, 2.05) is 6.07 Å². The highest BCUT2D eigenvalue weighted by atomic mass is 16.3. The molecular weight excluding hydrogens is 306 g/mol. The summed E-state index contributed by atoms with van der Waals surface area (Å²) < 4.78 is 5.65. The Balaban J connectivity index is 1.52. The average molecular weight is 327 g/mol. The number of nitrogens with zero attached hydrogens (tertiary/aromatic N) is 1. The van der Waals surface area contributed by atoms with Gasteiger partial charge in [-0.05, 0) is 40.8 Å². The van der Waals surface area contributed by atoms with E-state index in [1.54, 1.807) is 28.5 Å². The second kappa shape index (κ2) is 5.09. The van der Waals surface area contributed by atoms with Crippen molar-refractivity contribution in [1.82, 2.24) is 4.90 Å². The lowest BCUT2D eigenvalue weighted by molar-refractivity contribution is 0.196. The standard InChI is InChI=1S/C23H21NO/c1-2-8-17-16(7-1)20-12-22-23(19-10-4-3-9-18(19)20)21(17)14-24(22)13-15-6-5-11-25-15/h1-11,20-23H,12-14H2. The molecule has 1 aliphatic heterocycles. The van der Waals surface area contributed by atoms with Gasteiger partial charge in [0.1, 0.15) is 5.76 Å². The molecule has 2 bridgehead atoms. The van der Waals surface area contributed by atoms with Gasteiger partial charge in [0.2, 0.25) is 0 Å². The van der Waals surface area contributed by atoms with Gasteiger partial charge in [-0.15, -0.1) is 0 Å². The van der Waals surface area contributed by atoms with Gasteiger partial charge in [0.15, 0.2) is 0 Å². The summed E-state index contributed by atoms with van der Waals surface area (Å²) in [5.41, 5.74) is 6.31. The molecule has 0 radical (unpaired) electrons. The van der Waals surface area contributed by atoms with Gasteiger partial charge >= 0.3 is 0 Å². The fraction of sp³-hybridized carbons (Fsp3) is 0.304. The summed E-state index contributed by atoms with van der Waals surface area (Å²) in [6.45, 7) is 2.07. The lowest BCUT2D eigenvalue weighted by Crippen LogP contribution is -2.36. The molecule has 124 valence electrons. The molecule has 4 atom stereocenters. The fourth-order valence-electron chi connectivity index (χ4n) is 5.75. The molecule has 1 aromatic heterocycles. The fourth-order valence-corrected chi connectivity index (χ4v) is 5.75. The van der Waals surface area contributed by atoms with Crippen LogP contribution in [0.3, 0.4) is 0 Å². The number of likely N-dealkylation sites (tertiary alicyclic amines) is 1. The third-order valence-corrected chi connectivity index (χ3v) is 6.67. The van der Waals surface area contributed by atoms with Crippen molar-refractivity contribution < 1.29 is 4.42 Å². The zero-order chi connectivity index (χ0) is 16.4. The first-order chi connectivity index (χ1) is 12.4. The first kappa shape index (κ1) is 13.9. The van der Waals surface area contributed by atoms with Gasteiger partial charge in [-0.25, -0.2) is 0 Å². The molecule has 2 heterocycles. The molecule has 2 nitrogen and oxygen atoms in total. The highest BCUT2D eigenvalue weighted by Crippen LogP contribution is 2.58. The molecule has 3 aromatic rings. The Bertz CT molecular complexity index is 923. The second-order valence-electron chi connectivity index (χ2n) is 7.75. The predicted octanol–water partition coefficient (Wildman–Crippen LogP) is 4.88. The Morgan fingerprint density at radius 2 is 1.56 bits per heavy atom. The molecule has 3 aliphatic rings. The van der Waals surface area contributed by atoms with Crippen LogP contribution in [0.2, 0.25) is 0 Å². The van der Waals surface area contributed by atoms with E-state index in [2.05, 4.69) is 59.5 Å². The molecule has 0 spiro atoms. The van der Waals surface area contributed by atoms with Crippen LogP contribution in [-0.4, -0.2) is 17.5 Å². The van der Waals surface area contributed by atoms with Crippen molar-refractivity contribution in [2.75, 3.05) is 6.54 Å². The maximum Gasteiger partial charge on any atom is 0.117 e. The molecule has 0 N–H and O–H groups in total. The van der Waals surface area contributed by atoms with Crippen molar-refractivity contribution in [1.29, 1.82) is 0 Å². The SMILES string of the molecule is c1coc(CN2CC3c4ccccc4C4CC2C3c2ccccc24)c1. The van der Waals surface area contributed by atoms with E-state index in [0.717, 1.165) is 18.8 Å². The summed E-state index contributed by atoms with van der Waals surface area (Å²) in [4.78, 5) is 2.67. The summed E-state index contributed by atoms with van der Waals surface area (Å²) in [5.74, 6) is 2.84. The summed E-state index contributed by atoms with van der Waals surface area (Å²) in [5, 5.41) is 0. The van der Waals surface area contributed by atoms with Gasteiger partial charge in [0.05, 0.1) is 12.8 Å². The summed E-state index contributed by atoms with van der Waals surface area (Å²) >= 11 is 0. The molecule has 2 aliphatic carbocycles. The van der Waals surface area contributed by atoms with Gasteiger partial charge < -0.3 is 4.42 Å². The van der Waals surface area contributed by atoms with Crippen molar-refractivity contribution in [2.45, 2.75) is 36.8 Å². The first-order valence-electron chi connectivity index (χ1n) is 9.34. The highest BCUT2D eigenvalue weighted by Gasteiger charge is 2.51. The van der Waals surface area contributed by atoms with Crippen LogP contribution in [0.25, 0.3) is 0 Å². The Morgan fingerprint density at radius 1 is 0.840 bits per heavy atom.